The summed E-state index contributed by atoms with van der Waals surface area (Å²) < 4.78 is 0.282. The highest BCUT2D eigenvalue weighted by atomic mass is 16.6. The van der Waals surface area contributed by atoms with Crippen LogP contribution >= 0.6 is 0 Å². The van der Waals surface area contributed by atoms with E-state index in [9.17, 15) is 20.3 Å². The lowest BCUT2D eigenvalue weighted by Crippen LogP contribution is -2.53. The molecule has 0 radical (unpaired) electrons. The molecule has 0 unspecified atom stereocenters. The van der Waals surface area contributed by atoms with E-state index in [0.717, 1.165) is 0 Å². The SMILES string of the molecule is CC1(C)C(c2ccccc2)=[N+]([O-])[C@H](C(=O)[O-])N1O. The van der Waals surface area contributed by atoms with Gasteiger partial charge in [0.2, 0.25) is 5.71 Å². The second-order valence-corrected chi connectivity index (χ2v) is 4.64. The molecule has 0 saturated heterocycles. The molecule has 0 aliphatic carbocycles. The number of carbonyl (C=O) groups excluding carboxylic acids is 1. The minimum atomic E-state index is -1.73. The van der Waals surface area contributed by atoms with Gasteiger partial charge in [0.15, 0.2) is 0 Å². The maximum Gasteiger partial charge on any atom is 0.282 e. The first-order chi connectivity index (χ1) is 8.37. The van der Waals surface area contributed by atoms with Gasteiger partial charge < -0.3 is 20.3 Å². The van der Waals surface area contributed by atoms with E-state index in [2.05, 4.69) is 0 Å². The monoisotopic (exact) mass is 249 g/mol. The Morgan fingerprint density at radius 1 is 1.39 bits per heavy atom. The average Bonchev–Trinajstić information content (AvgIpc) is 2.46. The highest BCUT2D eigenvalue weighted by molar-refractivity contribution is 6.05. The molecule has 1 aliphatic heterocycles. The van der Waals surface area contributed by atoms with Gasteiger partial charge in [-0.3, -0.25) is 0 Å². The molecule has 96 valence electrons. The van der Waals surface area contributed by atoms with Crippen LogP contribution in [0.5, 0.6) is 0 Å². The second kappa shape index (κ2) is 4.08. The molecule has 0 bridgehead atoms. The molecular formula is C12H13N2O4-. The zero-order valence-electron chi connectivity index (χ0n) is 10.0. The minimum Gasteiger partial charge on any atom is -0.622 e. The summed E-state index contributed by atoms with van der Waals surface area (Å²) in [6.07, 6.45) is -1.73. The molecule has 1 atom stereocenters. The number of benzene rings is 1. The lowest BCUT2D eigenvalue weighted by atomic mass is 9.93. The maximum absolute atomic E-state index is 12.0. The largest absolute Gasteiger partial charge is 0.622 e. The van der Waals surface area contributed by atoms with Gasteiger partial charge in [0.05, 0.1) is 0 Å². The van der Waals surface area contributed by atoms with Crippen molar-refractivity contribution in [3.05, 3.63) is 41.1 Å². The van der Waals surface area contributed by atoms with E-state index >= 15 is 0 Å². The number of hydrogen-bond donors (Lipinski definition) is 1. The lowest BCUT2D eigenvalue weighted by Gasteiger charge is -2.25. The van der Waals surface area contributed by atoms with E-state index in [4.69, 9.17) is 0 Å². The topological polar surface area (TPSA) is 89.7 Å². The summed E-state index contributed by atoms with van der Waals surface area (Å²) in [6, 6.07) is 8.63. The Kier molecular flexibility index (Phi) is 2.84. The van der Waals surface area contributed by atoms with E-state index in [-0.39, 0.29) is 10.5 Å². The molecule has 2 rings (SSSR count). The van der Waals surface area contributed by atoms with Crippen molar-refractivity contribution in [3.63, 3.8) is 0 Å². The Morgan fingerprint density at radius 2 is 1.94 bits per heavy atom. The fourth-order valence-electron chi connectivity index (χ4n) is 2.18. The van der Waals surface area contributed by atoms with Gasteiger partial charge in [-0.15, -0.1) is 5.06 Å². The molecule has 1 aromatic carbocycles. The molecule has 1 aromatic rings. The summed E-state index contributed by atoms with van der Waals surface area (Å²) in [5.41, 5.74) is -0.339. The fraction of sp³-hybridized carbons (Fsp3) is 0.333. The van der Waals surface area contributed by atoms with Crippen molar-refractivity contribution in [1.29, 1.82) is 0 Å². The Morgan fingerprint density at radius 3 is 2.39 bits per heavy atom. The Balaban J connectivity index is 2.59. The Bertz CT molecular complexity index is 510. The molecule has 6 nitrogen and oxygen atoms in total. The molecule has 1 heterocycles. The van der Waals surface area contributed by atoms with Crippen LogP contribution in [0.4, 0.5) is 0 Å². The van der Waals surface area contributed by atoms with Crippen LogP contribution in [0.1, 0.15) is 19.4 Å². The number of hydroxylamine groups is 3. The van der Waals surface area contributed by atoms with Crippen molar-refractivity contribution in [2.75, 3.05) is 0 Å². The summed E-state index contributed by atoms with van der Waals surface area (Å²) in [4.78, 5) is 10.9. The third-order valence-electron chi connectivity index (χ3n) is 3.08. The summed E-state index contributed by atoms with van der Waals surface area (Å²) >= 11 is 0. The quantitative estimate of drug-likeness (QED) is 0.566. The first kappa shape index (κ1) is 12.5. The van der Waals surface area contributed by atoms with Crippen LogP contribution in [0.15, 0.2) is 30.3 Å². The standard InChI is InChI=1S/C12H14N2O4/c1-12(2)9(8-6-4-3-5-7-8)13(17)10(11(15)16)14(12)18/h3-7,10,18H,1-2H3,(H,15,16)/p-1/t10-/m0/s1. The van der Waals surface area contributed by atoms with E-state index < -0.39 is 17.7 Å². The van der Waals surface area contributed by atoms with Crippen LogP contribution in [0.3, 0.4) is 0 Å². The number of carboxylic acids is 1. The Hall–Kier alpha value is -1.92. The van der Waals surface area contributed by atoms with E-state index in [1.54, 1.807) is 44.2 Å². The minimum absolute atomic E-state index is 0.194. The zero-order valence-corrected chi connectivity index (χ0v) is 10.0. The fourth-order valence-corrected chi connectivity index (χ4v) is 2.18. The first-order valence-electron chi connectivity index (χ1n) is 5.45. The summed E-state index contributed by atoms with van der Waals surface area (Å²) in [7, 11) is 0. The molecule has 18 heavy (non-hydrogen) atoms. The molecule has 6 heteroatoms. The highest BCUT2D eigenvalue weighted by Crippen LogP contribution is 2.28. The van der Waals surface area contributed by atoms with Crippen LogP contribution in [0.2, 0.25) is 0 Å². The molecule has 0 saturated carbocycles. The number of rotatable bonds is 2. The molecule has 0 amide bonds. The van der Waals surface area contributed by atoms with E-state index in [0.29, 0.717) is 10.6 Å². The first-order valence-corrected chi connectivity index (χ1v) is 5.45. The molecule has 0 fully saturated rings. The van der Waals surface area contributed by atoms with Crippen molar-refractivity contribution in [2.24, 2.45) is 0 Å². The van der Waals surface area contributed by atoms with Gasteiger partial charge in [-0.2, -0.15) is 4.74 Å². The number of hydrogen-bond acceptors (Lipinski definition) is 5. The number of nitrogens with zero attached hydrogens (tertiary/aromatic N) is 2. The molecule has 0 aromatic heterocycles. The highest BCUT2D eigenvalue weighted by Gasteiger charge is 2.52. The molecule has 0 spiro atoms. The normalized spacial score (nSPS) is 23.4. The van der Waals surface area contributed by atoms with Gasteiger partial charge in [0, 0.05) is 5.56 Å². The summed E-state index contributed by atoms with van der Waals surface area (Å²) in [5.74, 6) is -1.63. The predicted molar refractivity (Wildman–Crippen MR) is 60.7 cm³/mol. The third kappa shape index (κ3) is 1.66. The van der Waals surface area contributed by atoms with Crippen LogP contribution in [0, 0.1) is 5.21 Å². The predicted octanol–water partition coefficient (Wildman–Crippen LogP) is -0.455. The van der Waals surface area contributed by atoms with Crippen molar-refractivity contribution < 1.29 is 19.8 Å². The number of carbonyl (C=O) groups is 1. The smallest absolute Gasteiger partial charge is 0.282 e. The van der Waals surface area contributed by atoms with Crippen molar-refractivity contribution in [1.82, 2.24) is 5.06 Å². The van der Waals surface area contributed by atoms with Gasteiger partial charge in [0.1, 0.15) is 11.5 Å². The third-order valence-corrected chi connectivity index (χ3v) is 3.08. The summed E-state index contributed by atoms with van der Waals surface area (Å²) in [6.45, 7) is 3.15. The second-order valence-electron chi connectivity index (χ2n) is 4.64. The Labute approximate surface area is 104 Å². The van der Waals surface area contributed by atoms with Crippen LogP contribution in [-0.2, 0) is 4.79 Å². The van der Waals surface area contributed by atoms with Gasteiger partial charge in [0.25, 0.3) is 6.17 Å². The summed E-state index contributed by atoms with van der Waals surface area (Å²) in [5, 5.41) is 33.3. The van der Waals surface area contributed by atoms with E-state index in [1.807, 2.05) is 0 Å². The van der Waals surface area contributed by atoms with Crippen LogP contribution in [-0.4, -0.2) is 38.4 Å². The van der Waals surface area contributed by atoms with Crippen LogP contribution < -0.4 is 5.11 Å². The van der Waals surface area contributed by atoms with Crippen molar-refractivity contribution in [3.8, 4) is 0 Å². The van der Waals surface area contributed by atoms with Gasteiger partial charge in [-0.1, -0.05) is 18.2 Å². The molecular weight excluding hydrogens is 236 g/mol. The van der Waals surface area contributed by atoms with Gasteiger partial charge in [-0.05, 0) is 26.0 Å². The van der Waals surface area contributed by atoms with Crippen molar-refractivity contribution in [2.45, 2.75) is 25.6 Å². The van der Waals surface area contributed by atoms with Crippen molar-refractivity contribution >= 4 is 11.7 Å². The lowest BCUT2D eigenvalue weighted by molar-refractivity contribution is -0.536. The number of aliphatic carboxylic acids is 1. The maximum atomic E-state index is 12.0. The molecule has 1 N–H and O–H groups in total. The van der Waals surface area contributed by atoms with Crippen LogP contribution in [0.25, 0.3) is 0 Å². The van der Waals surface area contributed by atoms with Gasteiger partial charge >= 0.3 is 0 Å². The average molecular weight is 249 g/mol. The van der Waals surface area contributed by atoms with Gasteiger partial charge in [-0.25, -0.2) is 0 Å². The number of carboxylic acid groups (broad SMARTS) is 1. The molecule has 1 aliphatic rings. The van der Waals surface area contributed by atoms with E-state index in [1.165, 1.54) is 0 Å². The zero-order chi connectivity index (χ0) is 13.5.